The van der Waals surface area contributed by atoms with Crippen LogP contribution in [0.1, 0.15) is 40.7 Å². The van der Waals surface area contributed by atoms with Crippen molar-refractivity contribution in [3.8, 4) is 0 Å². The lowest BCUT2D eigenvalue weighted by Gasteiger charge is -2.20. The van der Waals surface area contributed by atoms with Gasteiger partial charge in [-0.15, -0.1) is 0 Å². The Morgan fingerprint density at radius 3 is 2.62 bits per heavy atom. The van der Waals surface area contributed by atoms with Crippen LogP contribution in [0.5, 0.6) is 0 Å². The number of likely N-dealkylation sites (tertiary alicyclic amines) is 1. The van der Waals surface area contributed by atoms with Gasteiger partial charge in [-0.3, -0.25) is 4.79 Å². The van der Waals surface area contributed by atoms with Crippen LogP contribution in [0.15, 0.2) is 48.5 Å². The first-order chi connectivity index (χ1) is 11.8. The van der Waals surface area contributed by atoms with Crippen molar-refractivity contribution in [2.75, 3.05) is 18.4 Å². The highest BCUT2D eigenvalue weighted by molar-refractivity contribution is 5.94. The van der Waals surface area contributed by atoms with Gasteiger partial charge in [0.2, 0.25) is 0 Å². The molecule has 2 aliphatic rings. The van der Waals surface area contributed by atoms with Gasteiger partial charge in [0, 0.05) is 30.4 Å². The molecule has 1 amide bonds. The molecule has 124 valence electrons. The molecule has 1 fully saturated rings. The molecule has 0 saturated carbocycles. The monoisotopic (exact) mass is 320 g/mol. The van der Waals surface area contributed by atoms with E-state index in [4.69, 9.17) is 0 Å². The van der Waals surface area contributed by atoms with E-state index in [1.54, 1.807) is 0 Å². The molecule has 0 bridgehead atoms. The van der Waals surface area contributed by atoms with E-state index in [0.29, 0.717) is 6.04 Å². The van der Waals surface area contributed by atoms with Crippen molar-refractivity contribution in [2.45, 2.75) is 38.1 Å². The van der Waals surface area contributed by atoms with E-state index in [-0.39, 0.29) is 5.91 Å². The molecule has 2 aromatic rings. The van der Waals surface area contributed by atoms with Gasteiger partial charge in [-0.25, -0.2) is 0 Å². The van der Waals surface area contributed by atoms with E-state index < -0.39 is 0 Å². The second kappa shape index (κ2) is 6.68. The minimum Gasteiger partial charge on any atom is -0.380 e. The van der Waals surface area contributed by atoms with Crippen LogP contribution in [0.3, 0.4) is 0 Å². The maximum atomic E-state index is 12.8. The first-order valence-electron chi connectivity index (χ1n) is 9.02. The van der Waals surface area contributed by atoms with Crippen LogP contribution in [0, 0.1) is 0 Å². The number of hydrogen-bond acceptors (Lipinski definition) is 2. The van der Waals surface area contributed by atoms with E-state index in [1.807, 2.05) is 29.2 Å². The van der Waals surface area contributed by atoms with E-state index in [0.717, 1.165) is 43.6 Å². The molecule has 0 spiro atoms. The number of anilines is 1. The summed E-state index contributed by atoms with van der Waals surface area (Å²) < 4.78 is 0. The van der Waals surface area contributed by atoms with Crippen molar-refractivity contribution in [3.63, 3.8) is 0 Å². The molecule has 1 N–H and O–H groups in total. The van der Waals surface area contributed by atoms with Crippen LogP contribution in [0.4, 0.5) is 5.69 Å². The van der Waals surface area contributed by atoms with E-state index in [9.17, 15) is 4.79 Å². The molecule has 0 radical (unpaired) electrons. The molecule has 2 aromatic carbocycles. The third kappa shape index (κ3) is 3.16. The molecule has 3 nitrogen and oxygen atoms in total. The fourth-order valence-electron chi connectivity index (χ4n) is 3.88. The molecular weight excluding hydrogens is 296 g/mol. The third-order valence-electron chi connectivity index (χ3n) is 5.22. The highest BCUT2D eigenvalue weighted by Gasteiger charge is 2.27. The summed E-state index contributed by atoms with van der Waals surface area (Å²) in [6, 6.07) is 16.9. The normalized spacial score (nSPS) is 19.8. The number of para-hydroxylation sites is 1. The van der Waals surface area contributed by atoms with Crippen molar-refractivity contribution < 1.29 is 4.79 Å². The summed E-state index contributed by atoms with van der Waals surface area (Å²) in [5.74, 6) is 0.181. The average Bonchev–Trinajstić information content (AvgIpc) is 3.10. The van der Waals surface area contributed by atoms with Crippen LogP contribution < -0.4 is 5.32 Å². The predicted molar refractivity (Wildman–Crippen MR) is 97.5 cm³/mol. The van der Waals surface area contributed by atoms with Crippen molar-refractivity contribution in [1.29, 1.82) is 0 Å². The minimum absolute atomic E-state index is 0.181. The molecule has 1 saturated heterocycles. The van der Waals surface area contributed by atoms with Gasteiger partial charge >= 0.3 is 0 Å². The van der Waals surface area contributed by atoms with Crippen LogP contribution in [-0.2, 0) is 12.8 Å². The quantitative estimate of drug-likeness (QED) is 0.930. The van der Waals surface area contributed by atoms with Gasteiger partial charge in [0.25, 0.3) is 5.91 Å². The largest absolute Gasteiger partial charge is 0.380 e. The minimum atomic E-state index is 0.181. The van der Waals surface area contributed by atoms with Crippen LogP contribution in [0.2, 0.25) is 0 Å². The highest BCUT2D eigenvalue weighted by atomic mass is 16.2. The molecule has 1 aliphatic carbocycles. The molecule has 0 aromatic heterocycles. The Bertz CT molecular complexity index is 726. The lowest BCUT2D eigenvalue weighted by molar-refractivity contribution is 0.0791. The Kier molecular flexibility index (Phi) is 4.24. The van der Waals surface area contributed by atoms with Gasteiger partial charge in [-0.2, -0.15) is 0 Å². The predicted octanol–water partition coefficient (Wildman–Crippen LogP) is 3.89. The number of amides is 1. The number of carbonyl (C=O) groups excluding carboxylic acids is 1. The SMILES string of the molecule is O=C(c1ccc2c(c1)CCCC2)N1CCC(Nc2ccccc2)C1. The zero-order chi connectivity index (χ0) is 16.4. The summed E-state index contributed by atoms with van der Waals surface area (Å²) in [5.41, 5.74) is 4.80. The molecule has 1 heterocycles. The van der Waals surface area contributed by atoms with Crippen molar-refractivity contribution in [2.24, 2.45) is 0 Å². The molecule has 1 atom stereocenters. The number of fused-ring (bicyclic) bond motifs is 1. The molecule has 1 unspecified atom stereocenters. The maximum Gasteiger partial charge on any atom is 0.253 e. The standard InChI is InChI=1S/C21H24N2O/c24-21(18-11-10-16-6-4-5-7-17(16)14-18)23-13-12-20(15-23)22-19-8-2-1-3-9-19/h1-3,8-11,14,20,22H,4-7,12-13,15H2. The fraction of sp³-hybridized carbons (Fsp3) is 0.381. The molecule has 4 rings (SSSR count). The van der Waals surface area contributed by atoms with Gasteiger partial charge in [0.05, 0.1) is 0 Å². The van der Waals surface area contributed by atoms with Gasteiger partial charge in [-0.1, -0.05) is 24.3 Å². The topological polar surface area (TPSA) is 32.3 Å². The lowest BCUT2D eigenvalue weighted by Crippen LogP contribution is -2.31. The van der Waals surface area contributed by atoms with Crippen LogP contribution >= 0.6 is 0 Å². The van der Waals surface area contributed by atoms with Gasteiger partial charge in [0.15, 0.2) is 0 Å². The van der Waals surface area contributed by atoms with Crippen LogP contribution in [-0.4, -0.2) is 29.9 Å². The Labute approximate surface area is 143 Å². The fourth-order valence-corrected chi connectivity index (χ4v) is 3.88. The molecule has 3 heteroatoms. The second-order valence-corrected chi connectivity index (χ2v) is 6.94. The summed E-state index contributed by atoms with van der Waals surface area (Å²) in [4.78, 5) is 14.8. The first-order valence-corrected chi connectivity index (χ1v) is 9.02. The molecule has 24 heavy (non-hydrogen) atoms. The number of hydrogen-bond donors (Lipinski definition) is 1. The maximum absolute atomic E-state index is 12.8. The number of aryl methyl sites for hydroxylation is 2. The van der Waals surface area contributed by atoms with E-state index in [1.165, 1.54) is 24.0 Å². The van der Waals surface area contributed by atoms with Gasteiger partial charge in [-0.05, 0) is 67.5 Å². The molecule has 1 aliphatic heterocycles. The van der Waals surface area contributed by atoms with Crippen LogP contribution in [0.25, 0.3) is 0 Å². The zero-order valence-electron chi connectivity index (χ0n) is 14.0. The van der Waals surface area contributed by atoms with Crippen molar-refractivity contribution >= 4 is 11.6 Å². The third-order valence-corrected chi connectivity index (χ3v) is 5.22. The number of carbonyl (C=O) groups is 1. The Hall–Kier alpha value is -2.29. The smallest absolute Gasteiger partial charge is 0.253 e. The number of nitrogens with one attached hydrogen (secondary N) is 1. The number of benzene rings is 2. The number of nitrogens with zero attached hydrogens (tertiary/aromatic N) is 1. The zero-order valence-corrected chi connectivity index (χ0v) is 14.0. The van der Waals surface area contributed by atoms with Crippen molar-refractivity contribution in [1.82, 2.24) is 4.90 Å². The Morgan fingerprint density at radius 2 is 1.79 bits per heavy atom. The highest BCUT2D eigenvalue weighted by Crippen LogP contribution is 2.24. The second-order valence-electron chi connectivity index (χ2n) is 6.94. The summed E-state index contributed by atoms with van der Waals surface area (Å²) >= 11 is 0. The van der Waals surface area contributed by atoms with Gasteiger partial charge in [0.1, 0.15) is 0 Å². The van der Waals surface area contributed by atoms with E-state index in [2.05, 4.69) is 29.6 Å². The summed E-state index contributed by atoms with van der Waals surface area (Å²) in [7, 11) is 0. The first kappa shape index (κ1) is 15.3. The Morgan fingerprint density at radius 1 is 1.00 bits per heavy atom. The van der Waals surface area contributed by atoms with Gasteiger partial charge < -0.3 is 10.2 Å². The summed E-state index contributed by atoms with van der Waals surface area (Å²) in [6.45, 7) is 1.62. The average molecular weight is 320 g/mol. The lowest BCUT2D eigenvalue weighted by atomic mass is 9.90. The Balaban J connectivity index is 1.42. The number of rotatable bonds is 3. The summed E-state index contributed by atoms with van der Waals surface area (Å²) in [5, 5.41) is 3.53. The van der Waals surface area contributed by atoms with E-state index >= 15 is 0 Å². The summed E-state index contributed by atoms with van der Waals surface area (Å²) in [6.07, 6.45) is 5.81. The molecular formula is C21H24N2O. The van der Waals surface area contributed by atoms with Crippen molar-refractivity contribution in [3.05, 3.63) is 65.2 Å².